The number of rotatable bonds is 9. The molecule has 0 bridgehead atoms. The minimum atomic E-state index is -1.64. The predicted octanol–water partition coefficient (Wildman–Crippen LogP) is 2.76. The molecule has 1 aliphatic rings. The number of carbonyl (C=O) groups is 4. The highest BCUT2D eigenvalue weighted by molar-refractivity contribution is 5.94. The topological polar surface area (TPSA) is 184 Å². The Morgan fingerprint density at radius 2 is 1.76 bits per heavy atom. The van der Waals surface area contributed by atoms with Gasteiger partial charge in [0.15, 0.2) is 0 Å². The quantitative estimate of drug-likeness (QED) is 0.256. The van der Waals surface area contributed by atoms with Crippen molar-refractivity contribution in [3.05, 3.63) is 69.8 Å². The molecule has 1 unspecified atom stereocenters. The third kappa shape index (κ3) is 7.17. The highest BCUT2D eigenvalue weighted by atomic mass is 19.1. The molecule has 240 valence electrons. The molecule has 45 heavy (non-hydrogen) atoms. The van der Waals surface area contributed by atoms with Gasteiger partial charge in [-0.05, 0) is 51.5 Å². The summed E-state index contributed by atoms with van der Waals surface area (Å²) in [5.74, 6) is -6.98. The third-order valence-electron chi connectivity index (χ3n) is 6.93. The number of carboxylic acids is 2. The van der Waals surface area contributed by atoms with Crippen LogP contribution in [0, 0.1) is 17.5 Å². The first-order valence-electron chi connectivity index (χ1n) is 13.6. The van der Waals surface area contributed by atoms with Gasteiger partial charge in [0.05, 0.1) is 29.4 Å². The fraction of sp³-hybridized carbons (Fsp3) is 0.345. The summed E-state index contributed by atoms with van der Waals surface area (Å²) in [5, 5.41) is 19.7. The molecule has 1 aliphatic heterocycles. The Labute approximate surface area is 253 Å². The van der Waals surface area contributed by atoms with Crippen LogP contribution in [0.3, 0.4) is 0 Å². The van der Waals surface area contributed by atoms with Gasteiger partial charge >= 0.3 is 18.0 Å². The molecule has 2 heterocycles. The van der Waals surface area contributed by atoms with E-state index in [1.165, 1.54) is 11.0 Å². The van der Waals surface area contributed by atoms with Crippen LogP contribution in [-0.2, 0) is 14.3 Å². The van der Waals surface area contributed by atoms with E-state index >= 15 is 4.39 Å². The molecule has 3 aromatic rings. The van der Waals surface area contributed by atoms with E-state index in [1.807, 2.05) is 0 Å². The lowest BCUT2D eigenvalue weighted by molar-refractivity contribution is -0.143. The number of pyridine rings is 1. The molecular formula is C29H30F3N5O8. The number of hydrazine groups is 1. The summed E-state index contributed by atoms with van der Waals surface area (Å²) in [6.45, 7) is 4.77. The lowest BCUT2D eigenvalue weighted by atomic mass is 10.1. The third-order valence-corrected chi connectivity index (χ3v) is 6.93. The molecule has 0 saturated carbocycles. The van der Waals surface area contributed by atoms with E-state index in [2.05, 4.69) is 5.43 Å². The standard InChI is InChI=1S/C29H30F3N5O8/c1-29(2,3)45-28(44)37(34-20(27(42)43)10-24(33)38)15-6-7-35(12-15)23-11-22-16(9-19(23)32)25(39)17(26(40)41)13-36(22)21-5-4-14(30)8-18(21)31/h4-5,8-9,11,13,15,20,34H,6-7,10,12H2,1-3H3,(H2,33,38)(H,40,41)(H,42,43)/t15?,20-/m0/s1. The van der Waals surface area contributed by atoms with Gasteiger partial charge in [0.25, 0.3) is 0 Å². The summed E-state index contributed by atoms with van der Waals surface area (Å²) in [7, 11) is 0. The molecule has 2 aromatic carbocycles. The molecule has 4 rings (SSSR count). The van der Waals surface area contributed by atoms with Crippen molar-refractivity contribution in [1.82, 2.24) is 15.0 Å². The fourth-order valence-electron chi connectivity index (χ4n) is 4.95. The zero-order valence-corrected chi connectivity index (χ0v) is 24.3. The zero-order chi connectivity index (χ0) is 33.4. The number of aliphatic carboxylic acids is 1. The fourth-order valence-corrected chi connectivity index (χ4v) is 4.95. The second-order valence-electron chi connectivity index (χ2n) is 11.4. The van der Waals surface area contributed by atoms with Gasteiger partial charge < -0.3 is 30.2 Å². The average molecular weight is 634 g/mol. The maximum atomic E-state index is 15.6. The van der Waals surface area contributed by atoms with Crippen molar-refractivity contribution in [3.63, 3.8) is 0 Å². The van der Waals surface area contributed by atoms with Gasteiger partial charge in [0.1, 0.15) is 34.7 Å². The number of fused-ring (bicyclic) bond motifs is 1. The number of carbonyl (C=O) groups excluding carboxylic acids is 2. The van der Waals surface area contributed by atoms with E-state index < -0.39 is 76.5 Å². The average Bonchev–Trinajstić information content (AvgIpc) is 3.39. The van der Waals surface area contributed by atoms with Crippen molar-refractivity contribution >= 4 is 40.5 Å². The van der Waals surface area contributed by atoms with Gasteiger partial charge in [-0.3, -0.25) is 14.4 Å². The van der Waals surface area contributed by atoms with Gasteiger partial charge in [-0.15, -0.1) is 0 Å². The molecule has 2 amide bonds. The number of nitrogens with two attached hydrogens (primary N) is 1. The molecule has 5 N–H and O–H groups in total. The van der Waals surface area contributed by atoms with Gasteiger partial charge in [0, 0.05) is 30.7 Å². The summed E-state index contributed by atoms with van der Waals surface area (Å²) in [4.78, 5) is 62.7. The first-order chi connectivity index (χ1) is 21.0. The second-order valence-corrected chi connectivity index (χ2v) is 11.4. The summed E-state index contributed by atoms with van der Waals surface area (Å²) in [6.07, 6.45) is -0.605. The molecule has 16 heteroatoms. The first-order valence-corrected chi connectivity index (χ1v) is 13.6. The summed E-state index contributed by atoms with van der Waals surface area (Å²) < 4.78 is 50.5. The Hall–Kier alpha value is -5.12. The first kappa shape index (κ1) is 32.8. The molecule has 2 atom stereocenters. The summed E-state index contributed by atoms with van der Waals surface area (Å²) in [5.41, 5.74) is 4.36. The molecule has 1 aromatic heterocycles. The number of hydrogen-bond donors (Lipinski definition) is 4. The predicted molar refractivity (Wildman–Crippen MR) is 153 cm³/mol. The lowest BCUT2D eigenvalue weighted by Crippen LogP contribution is -2.58. The van der Waals surface area contributed by atoms with E-state index in [-0.39, 0.29) is 41.8 Å². The van der Waals surface area contributed by atoms with Gasteiger partial charge in [-0.25, -0.2) is 33.2 Å². The number of anilines is 1. The van der Waals surface area contributed by atoms with E-state index in [1.54, 1.807) is 20.8 Å². The van der Waals surface area contributed by atoms with Crippen molar-refractivity contribution < 1.29 is 47.3 Å². The van der Waals surface area contributed by atoms with E-state index in [9.17, 15) is 43.0 Å². The van der Waals surface area contributed by atoms with E-state index in [4.69, 9.17) is 10.5 Å². The lowest BCUT2D eigenvalue weighted by Gasteiger charge is -2.33. The Kier molecular flexibility index (Phi) is 9.09. The normalized spacial score (nSPS) is 15.6. The van der Waals surface area contributed by atoms with Crippen LogP contribution in [0.5, 0.6) is 0 Å². The van der Waals surface area contributed by atoms with Gasteiger partial charge in [-0.1, -0.05) is 0 Å². The smallest absolute Gasteiger partial charge is 0.425 e. The summed E-state index contributed by atoms with van der Waals surface area (Å²) >= 11 is 0. The minimum absolute atomic E-state index is 0.0927. The monoisotopic (exact) mass is 633 g/mol. The number of nitrogens with zero attached hydrogens (tertiary/aromatic N) is 3. The molecule has 13 nitrogen and oxygen atoms in total. The van der Waals surface area contributed by atoms with Crippen LogP contribution >= 0.6 is 0 Å². The van der Waals surface area contributed by atoms with Crippen LogP contribution in [0.1, 0.15) is 44.0 Å². The number of aromatic carboxylic acids is 1. The minimum Gasteiger partial charge on any atom is -0.480 e. The maximum Gasteiger partial charge on any atom is 0.425 e. The second kappa shape index (κ2) is 12.5. The highest BCUT2D eigenvalue weighted by Crippen LogP contribution is 2.31. The number of aromatic nitrogens is 1. The molecule has 0 aliphatic carbocycles. The number of amides is 2. The van der Waals surface area contributed by atoms with Crippen LogP contribution in [0.15, 0.2) is 41.3 Å². The highest BCUT2D eigenvalue weighted by Gasteiger charge is 2.37. The maximum absolute atomic E-state index is 15.6. The number of carboxylic acid groups (broad SMARTS) is 2. The number of hydrogen-bond acceptors (Lipinski definition) is 8. The Morgan fingerprint density at radius 3 is 2.33 bits per heavy atom. The van der Waals surface area contributed by atoms with Crippen LogP contribution in [-0.4, -0.2) is 74.5 Å². The number of halogens is 3. The largest absolute Gasteiger partial charge is 0.480 e. The van der Waals surface area contributed by atoms with Crippen molar-refractivity contribution in [3.8, 4) is 5.69 Å². The van der Waals surface area contributed by atoms with Crippen LogP contribution in [0.4, 0.5) is 23.7 Å². The summed E-state index contributed by atoms with van der Waals surface area (Å²) in [6, 6.07) is 2.11. The van der Waals surface area contributed by atoms with Crippen molar-refractivity contribution in [2.75, 3.05) is 18.0 Å². The van der Waals surface area contributed by atoms with Crippen LogP contribution in [0.2, 0.25) is 0 Å². The van der Waals surface area contributed by atoms with Crippen molar-refractivity contribution in [1.29, 1.82) is 0 Å². The Morgan fingerprint density at radius 1 is 1.09 bits per heavy atom. The van der Waals surface area contributed by atoms with Crippen LogP contribution < -0.4 is 21.5 Å². The van der Waals surface area contributed by atoms with Crippen LogP contribution in [0.25, 0.3) is 16.6 Å². The molecule has 0 spiro atoms. The molecule has 0 radical (unpaired) electrons. The van der Waals surface area contributed by atoms with E-state index in [0.717, 1.165) is 34.0 Å². The number of primary amides is 1. The zero-order valence-electron chi connectivity index (χ0n) is 24.3. The van der Waals surface area contributed by atoms with Crippen molar-refractivity contribution in [2.45, 2.75) is 51.3 Å². The Balaban J connectivity index is 1.78. The number of nitrogens with one attached hydrogen (secondary N) is 1. The molecular weight excluding hydrogens is 603 g/mol. The Bertz CT molecular complexity index is 1760. The van der Waals surface area contributed by atoms with Gasteiger partial charge in [-0.2, -0.15) is 0 Å². The van der Waals surface area contributed by atoms with Crippen molar-refractivity contribution in [2.24, 2.45) is 5.73 Å². The molecule has 1 saturated heterocycles. The molecule has 1 fully saturated rings. The SMILES string of the molecule is CC(C)(C)OC(=O)N(N[C@@H](CC(N)=O)C(=O)O)C1CCN(c2cc3c(cc2F)c(=O)c(C(=O)O)cn3-c2ccc(F)cc2F)C1. The number of benzene rings is 2. The number of ether oxygens (including phenoxy) is 1. The van der Waals surface area contributed by atoms with E-state index in [0.29, 0.717) is 6.07 Å². The van der Waals surface area contributed by atoms with Gasteiger partial charge in [0.2, 0.25) is 11.3 Å².